The first kappa shape index (κ1) is 20.4. The van der Waals surface area contributed by atoms with Crippen molar-refractivity contribution in [2.24, 2.45) is 0 Å². The van der Waals surface area contributed by atoms with Crippen LogP contribution in [0.25, 0.3) is 10.8 Å². The zero-order chi connectivity index (χ0) is 20.9. The lowest BCUT2D eigenvalue weighted by molar-refractivity contribution is -0.901. The van der Waals surface area contributed by atoms with E-state index in [0.717, 1.165) is 28.6 Å². The molecule has 1 fully saturated rings. The van der Waals surface area contributed by atoms with Crippen LogP contribution < -0.4 is 15.0 Å². The molecule has 1 amide bonds. The maximum Gasteiger partial charge on any atom is 0.227 e. The number of fused-ring (bicyclic) bond motifs is 1. The first-order valence-corrected chi connectivity index (χ1v) is 10.9. The molecule has 4 nitrogen and oxygen atoms in total. The molecule has 2 N–H and O–H groups in total. The Hall–Kier alpha value is -2.85. The Morgan fingerprint density at radius 1 is 1.00 bits per heavy atom. The summed E-state index contributed by atoms with van der Waals surface area (Å²) >= 11 is 0. The van der Waals surface area contributed by atoms with E-state index in [-0.39, 0.29) is 11.8 Å². The van der Waals surface area contributed by atoms with Crippen molar-refractivity contribution in [2.75, 3.05) is 20.2 Å². The SMILES string of the molecule is COc1ccc2cc([C@H](C)C(=O)NCc3ccccc3C[NH+]3CCCC3)ccc2c1. The van der Waals surface area contributed by atoms with Gasteiger partial charge in [-0.1, -0.05) is 48.5 Å². The molecule has 1 aliphatic heterocycles. The highest BCUT2D eigenvalue weighted by Crippen LogP contribution is 2.25. The van der Waals surface area contributed by atoms with Crippen LogP contribution in [0.4, 0.5) is 0 Å². The fourth-order valence-corrected chi connectivity index (χ4v) is 4.35. The Morgan fingerprint density at radius 3 is 2.47 bits per heavy atom. The van der Waals surface area contributed by atoms with Gasteiger partial charge in [0.05, 0.1) is 26.1 Å². The number of quaternary nitrogens is 1. The quantitative estimate of drug-likeness (QED) is 0.635. The van der Waals surface area contributed by atoms with Gasteiger partial charge in [0.25, 0.3) is 0 Å². The summed E-state index contributed by atoms with van der Waals surface area (Å²) in [5.41, 5.74) is 3.60. The highest BCUT2D eigenvalue weighted by molar-refractivity contribution is 5.88. The van der Waals surface area contributed by atoms with Crippen LogP contribution in [0.2, 0.25) is 0 Å². The molecule has 0 unspecified atom stereocenters. The van der Waals surface area contributed by atoms with Crippen molar-refractivity contribution in [1.82, 2.24) is 5.32 Å². The fraction of sp³-hybridized carbons (Fsp3) is 0.346. The van der Waals surface area contributed by atoms with Crippen LogP contribution in [0.1, 0.15) is 42.4 Å². The Kier molecular flexibility index (Phi) is 6.34. The van der Waals surface area contributed by atoms with Crippen LogP contribution in [0.5, 0.6) is 5.75 Å². The average Bonchev–Trinajstić information content (AvgIpc) is 3.30. The Bertz CT molecular complexity index is 1020. The number of amides is 1. The average molecular weight is 404 g/mol. The topological polar surface area (TPSA) is 42.8 Å². The first-order chi connectivity index (χ1) is 14.6. The molecule has 3 aromatic rings. The zero-order valence-electron chi connectivity index (χ0n) is 17.9. The molecule has 3 aromatic carbocycles. The van der Waals surface area contributed by atoms with Crippen LogP contribution in [-0.2, 0) is 17.9 Å². The Labute approximate surface area is 178 Å². The molecule has 156 valence electrons. The first-order valence-electron chi connectivity index (χ1n) is 10.9. The number of methoxy groups -OCH3 is 1. The lowest BCUT2D eigenvalue weighted by Crippen LogP contribution is -3.08. The third-order valence-electron chi connectivity index (χ3n) is 6.29. The number of likely N-dealkylation sites (tertiary alicyclic amines) is 1. The molecular weight excluding hydrogens is 372 g/mol. The van der Waals surface area contributed by atoms with E-state index in [9.17, 15) is 4.79 Å². The van der Waals surface area contributed by atoms with Crippen molar-refractivity contribution in [3.05, 3.63) is 77.4 Å². The molecule has 0 aromatic heterocycles. The second-order valence-electron chi connectivity index (χ2n) is 8.31. The molecule has 0 spiro atoms. The Balaban J connectivity index is 1.42. The van der Waals surface area contributed by atoms with E-state index in [1.165, 1.54) is 37.1 Å². The zero-order valence-corrected chi connectivity index (χ0v) is 17.9. The number of hydrogen-bond donors (Lipinski definition) is 2. The monoisotopic (exact) mass is 403 g/mol. The van der Waals surface area contributed by atoms with Gasteiger partial charge in [0, 0.05) is 24.9 Å². The highest BCUT2D eigenvalue weighted by atomic mass is 16.5. The van der Waals surface area contributed by atoms with Gasteiger partial charge in [0.15, 0.2) is 0 Å². The van der Waals surface area contributed by atoms with E-state index in [1.807, 2.05) is 31.2 Å². The van der Waals surface area contributed by atoms with Gasteiger partial charge in [-0.05, 0) is 41.0 Å². The number of rotatable bonds is 7. The molecule has 4 heteroatoms. The van der Waals surface area contributed by atoms with Gasteiger partial charge in [-0.15, -0.1) is 0 Å². The molecule has 30 heavy (non-hydrogen) atoms. The van der Waals surface area contributed by atoms with E-state index in [1.54, 1.807) is 12.0 Å². The lowest BCUT2D eigenvalue weighted by atomic mass is 9.96. The molecule has 1 aliphatic rings. The summed E-state index contributed by atoms with van der Waals surface area (Å²) in [5, 5.41) is 5.39. The van der Waals surface area contributed by atoms with Crippen LogP contribution in [0, 0.1) is 0 Å². The van der Waals surface area contributed by atoms with Crippen LogP contribution >= 0.6 is 0 Å². The van der Waals surface area contributed by atoms with E-state index < -0.39 is 0 Å². The summed E-state index contributed by atoms with van der Waals surface area (Å²) in [6.45, 7) is 6.12. The lowest BCUT2D eigenvalue weighted by Gasteiger charge is -2.17. The van der Waals surface area contributed by atoms with E-state index in [2.05, 4.69) is 41.7 Å². The third-order valence-corrected chi connectivity index (χ3v) is 6.29. The van der Waals surface area contributed by atoms with Crippen LogP contribution in [0.3, 0.4) is 0 Å². The molecule has 1 heterocycles. The second kappa shape index (κ2) is 9.31. The minimum atomic E-state index is -0.201. The Morgan fingerprint density at radius 2 is 1.70 bits per heavy atom. The third kappa shape index (κ3) is 4.65. The maximum absolute atomic E-state index is 12.9. The summed E-state index contributed by atoms with van der Waals surface area (Å²) < 4.78 is 5.30. The normalized spacial score (nSPS) is 15.3. The van der Waals surface area contributed by atoms with E-state index >= 15 is 0 Å². The van der Waals surface area contributed by atoms with Crippen molar-refractivity contribution in [1.29, 1.82) is 0 Å². The van der Waals surface area contributed by atoms with Crippen molar-refractivity contribution >= 4 is 16.7 Å². The fourth-order valence-electron chi connectivity index (χ4n) is 4.35. The summed E-state index contributed by atoms with van der Waals surface area (Å²) in [5.74, 6) is 0.703. The number of hydrogen-bond acceptors (Lipinski definition) is 2. The van der Waals surface area contributed by atoms with Gasteiger partial charge in [-0.3, -0.25) is 4.79 Å². The van der Waals surface area contributed by atoms with Crippen LogP contribution in [-0.4, -0.2) is 26.1 Å². The maximum atomic E-state index is 12.9. The molecule has 4 rings (SSSR count). The van der Waals surface area contributed by atoms with Crippen molar-refractivity contribution in [2.45, 2.75) is 38.8 Å². The molecule has 1 atom stereocenters. The van der Waals surface area contributed by atoms with E-state index in [4.69, 9.17) is 4.74 Å². The van der Waals surface area contributed by atoms with Gasteiger partial charge < -0.3 is 15.0 Å². The summed E-state index contributed by atoms with van der Waals surface area (Å²) in [7, 11) is 1.67. The summed E-state index contributed by atoms with van der Waals surface area (Å²) in [4.78, 5) is 14.5. The number of benzene rings is 3. The van der Waals surface area contributed by atoms with Gasteiger partial charge in [-0.2, -0.15) is 0 Å². The summed E-state index contributed by atoms with van der Waals surface area (Å²) in [6, 6.07) is 20.7. The van der Waals surface area contributed by atoms with E-state index in [0.29, 0.717) is 6.54 Å². The molecule has 1 saturated heterocycles. The van der Waals surface area contributed by atoms with Gasteiger partial charge in [-0.25, -0.2) is 0 Å². The van der Waals surface area contributed by atoms with Crippen molar-refractivity contribution in [3.8, 4) is 5.75 Å². The van der Waals surface area contributed by atoms with Crippen LogP contribution in [0.15, 0.2) is 60.7 Å². The number of carbonyl (C=O) groups is 1. The highest BCUT2D eigenvalue weighted by Gasteiger charge is 2.19. The number of ether oxygens (including phenoxy) is 1. The number of carbonyl (C=O) groups excluding carboxylic acids is 1. The van der Waals surface area contributed by atoms with Crippen molar-refractivity contribution in [3.63, 3.8) is 0 Å². The van der Waals surface area contributed by atoms with Crippen molar-refractivity contribution < 1.29 is 14.4 Å². The van der Waals surface area contributed by atoms with Gasteiger partial charge >= 0.3 is 0 Å². The standard InChI is InChI=1S/C26H30N2O2/c1-19(20-9-10-22-16-25(30-2)12-11-21(22)15-20)26(29)27-17-23-7-3-4-8-24(23)18-28-13-5-6-14-28/h3-4,7-12,15-16,19H,5-6,13-14,17-18H2,1-2H3,(H,27,29)/p+1/t19-/m0/s1. The molecule has 0 aliphatic carbocycles. The molecule has 0 saturated carbocycles. The molecule has 0 bridgehead atoms. The second-order valence-corrected chi connectivity index (χ2v) is 8.31. The van der Waals surface area contributed by atoms with Gasteiger partial charge in [0.2, 0.25) is 5.91 Å². The number of nitrogens with one attached hydrogen (secondary N) is 2. The molecular formula is C26H31N2O2+. The molecule has 0 radical (unpaired) electrons. The predicted molar refractivity (Wildman–Crippen MR) is 121 cm³/mol. The van der Waals surface area contributed by atoms with Gasteiger partial charge in [0.1, 0.15) is 12.3 Å². The minimum absolute atomic E-state index is 0.0613. The largest absolute Gasteiger partial charge is 0.497 e. The predicted octanol–water partition coefficient (Wildman–Crippen LogP) is 3.45. The minimum Gasteiger partial charge on any atom is -0.497 e. The summed E-state index contributed by atoms with van der Waals surface area (Å²) in [6.07, 6.45) is 2.65. The smallest absolute Gasteiger partial charge is 0.227 e.